The topological polar surface area (TPSA) is 75.1 Å². The normalized spacial score (nSPS) is 15.2. The molecule has 1 aliphatic carbocycles. The highest BCUT2D eigenvalue weighted by Gasteiger charge is 2.29. The molecule has 0 atom stereocenters. The molecule has 3 rings (SSSR count). The molecule has 0 spiro atoms. The van der Waals surface area contributed by atoms with Crippen LogP contribution in [-0.4, -0.2) is 14.7 Å². The third-order valence-corrected chi connectivity index (χ3v) is 3.00. The van der Waals surface area contributed by atoms with Crippen LogP contribution in [0.25, 0.3) is 10.9 Å². The van der Waals surface area contributed by atoms with Crippen LogP contribution in [0.4, 0.5) is 8.78 Å². The van der Waals surface area contributed by atoms with E-state index in [1.807, 2.05) is 4.98 Å². The van der Waals surface area contributed by atoms with Crippen LogP contribution in [0.2, 0.25) is 0 Å². The molecule has 1 aromatic heterocycles. The van der Waals surface area contributed by atoms with Crippen LogP contribution in [0, 0.1) is 11.6 Å². The van der Waals surface area contributed by atoms with Gasteiger partial charge in [-0.2, -0.15) is 4.39 Å². The summed E-state index contributed by atoms with van der Waals surface area (Å²) in [5.41, 5.74) is -1.82. The van der Waals surface area contributed by atoms with E-state index in [2.05, 4.69) is 0 Å². The minimum atomic E-state index is -1.46. The lowest BCUT2D eigenvalue weighted by molar-refractivity contribution is 0.409. The van der Waals surface area contributed by atoms with Crippen LogP contribution in [0.15, 0.2) is 15.7 Å². The molecule has 1 fully saturated rings. The average molecular weight is 254 g/mol. The van der Waals surface area contributed by atoms with Crippen molar-refractivity contribution in [1.29, 1.82) is 0 Å². The van der Waals surface area contributed by atoms with Gasteiger partial charge in [-0.25, -0.2) is 9.18 Å². The molecule has 2 aromatic rings. The van der Waals surface area contributed by atoms with Crippen molar-refractivity contribution in [1.82, 2.24) is 9.55 Å². The van der Waals surface area contributed by atoms with Crippen molar-refractivity contribution in [3.05, 3.63) is 38.5 Å². The zero-order valence-corrected chi connectivity index (χ0v) is 9.04. The molecule has 2 N–H and O–H groups in total. The summed E-state index contributed by atoms with van der Waals surface area (Å²) in [6, 6.07) is 0.495. The fourth-order valence-electron chi connectivity index (χ4n) is 2.03. The van der Waals surface area contributed by atoms with Crippen molar-refractivity contribution in [3.8, 4) is 5.75 Å². The summed E-state index contributed by atoms with van der Waals surface area (Å²) < 4.78 is 27.6. The van der Waals surface area contributed by atoms with Gasteiger partial charge in [0.2, 0.25) is 5.82 Å². The van der Waals surface area contributed by atoms with Crippen LogP contribution < -0.4 is 11.2 Å². The first-order chi connectivity index (χ1) is 8.50. The van der Waals surface area contributed by atoms with E-state index >= 15 is 0 Å². The Labute approximate surface area is 98.3 Å². The van der Waals surface area contributed by atoms with Crippen molar-refractivity contribution in [2.24, 2.45) is 0 Å². The molecule has 1 saturated carbocycles. The Morgan fingerprint density at radius 1 is 1.33 bits per heavy atom. The summed E-state index contributed by atoms with van der Waals surface area (Å²) >= 11 is 0. The van der Waals surface area contributed by atoms with E-state index in [-0.39, 0.29) is 16.9 Å². The molecular weight excluding hydrogens is 246 g/mol. The number of hydrogen-bond donors (Lipinski definition) is 2. The quantitative estimate of drug-likeness (QED) is 0.797. The summed E-state index contributed by atoms with van der Waals surface area (Å²) in [5.74, 6) is -3.78. The zero-order valence-electron chi connectivity index (χ0n) is 9.04. The standard InChI is InChI=1S/C11H8F2N2O3/c12-6-3-5-8(9(16)7(6)13)15(4-1-2-4)11(18)14-10(5)17/h3-4,16H,1-2H2,(H,14,17,18). The Hall–Kier alpha value is -2.18. The maximum atomic E-state index is 13.3. The summed E-state index contributed by atoms with van der Waals surface area (Å²) in [6.45, 7) is 0. The minimum Gasteiger partial charge on any atom is -0.503 e. The Morgan fingerprint density at radius 3 is 2.61 bits per heavy atom. The number of fused-ring (bicyclic) bond motifs is 1. The number of hydrogen-bond acceptors (Lipinski definition) is 3. The monoisotopic (exact) mass is 254 g/mol. The number of phenols is 1. The third kappa shape index (κ3) is 1.36. The highest BCUT2D eigenvalue weighted by atomic mass is 19.2. The van der Waals surface area contributed by atoms with Crippen molar-refractivity contribution in [2.75, 3.05) is 0 Å². The molecule has 5 nitrogen and oxygen atoms in total. The molecule has 18 heavy (non-hydrogen) atoms. The van der Waals surface area contributed by atoms with E-state index in [1.165, 1.54) is 0 Å². The fourth-order valence-corrected chi connectivity index (χ4v) is 2.03. The first-order valence-electron chi connectivity index (χ1n) is 5.36. The Balaban J connectivity index is 2.59. The predicted molar refractivity (Wildman–Crippen MR) is 58.7 cm³/mol. The first kappa shape index (κ1) is 10.9. The van der Waals surface area contributed by atoms with E-state index in [0.29, 0.717) is 18.9 Å². The fraction of sp³-hybridized carbons (Fsp3) is 0.273. The molecule has 7 heteroatoms. The number of aromatic nitrogens is 2. The number of rotatable bonds is 1. The molecule has 0 bridgehead atoms. The SMILES string of the molecule is O=c1[nH]c(=O)n(C2CC2)c2c(O)c(F)c(F)cc12. The first-order valence-corrected chi connectivity index (χ1v) is 5.36. The van der Waals surface area contributed by atoms with E-state index in [9.17, 15) is 23.5 Å². The van der Waals surface area contributed by atoms with Crippen LogP contribution in [0.1, 0.15) is 18.9 Å². The average Bonchev–Trinajstić information content (AvgIpc) is 3.12. The van der Waals surface area contributed by atoms with Gasteiger partial charge in [0.15, 0.2) is 11.6 Å². The smallest absolute Gasteiger partial charge is 0.329 e. The van der Waals surface area contributed by atoms with Gasteiger partial charge in [0.1, 0.15) is 5.52 Å². The van der Waals surface area contributed by atoms with Gasteiger partial charge in [-0.15, -0.1) is 0 Å². The van der Waals surface area contributed by atoms with Crippen LogP contribution in [-0.2, 0) is 0 Å². The third-order valence-electron chi connectivity index (χ3n) is 3.00. The van der Waals surface area contributed by atoms with Crippen LogP contribution in [0.3, 0.4) is 0 Å². The second kappa shape index (κ2) is 3.41. The van der Waals surface area contributed by atoms with Crippen molar-refractivity contribution in [3.63, 3.8) is 0 Å². The van der Waals surface area contributed by atoms with E-state index in [4.69, 9.17) is 0 Å². The van der Waals surface area contributed by atoms with Gasteiger partial charge in [0, 0.05) is 6.04 Å². The largest absolute Gasteiger partial charge is 0.503 e. The number of benzene rings is 1. The number of aromatic amines is 1. The summed E-state index contributed by atoms with van der Waals surface area (Å²) in [5, 5.41) is 9.38. The van der Waals surface area contributed by atoms with Crippen LogP contribution in [0.5, 0.6) is 5.75 Å². The lowest BCUT2D eigenvalue weighted by Crippen LogP contribution is -2.30. The summed E-state index contributed by atoms with van der Waals surface area (Å²) in [6.07, 6.45) is 1.39. The molecule has 1 heterocycles. The van der Waals surface area contributed by atoms with E-state index in [0.717, 1.165) is 4.57 Å². The Kier molecular flexibility index (Phi) is 2.07. The molecule has 0 unspecified atom stereocenters. The number of aromatic hydroxyl groups is 1. The maximum absolute atomic E-state index is 13.3. The Bertz CT molecular complexity index is 774. The minimum absolute atomic E-state index is 0.187. The molecule has 0 radical (unpaired) electrons. The highest BCUT2D eigenvalue weighted by molar-refractivity contribution is 5.84. The second-order valence-electron chi connectivity index (χ2n) is 4.28. The van der Waals surface area contributed by atoms with E-state index in [1.54, 1.807) is 0 Å². The zero-order chi connectivity index (χ0) is 13.0. The van der Waals surface area contributed by atoms with Gasteiger partial charge in [0.25, 0.3) is 5.56 Å². The van der Waals surface area contributed by atoms with Gasteiger partial charge >= 0.3 is 5.69 Å². The van der Waals surface area contributed by atoms with Gasteiger partial charge in [-0.05, 0) is 18.9 Å². The lowest BCUT2D eigenvalue weighted by Gasteiger charge is -2.10. The molecular formula is C11H8F2N2O3. The van der Waals surface area contributed by atoms with Crippen LogP contribution >= 0.6 is 0 Å². The van der Waals surface area contributed by atoms with Crippen molar-refractivity contribution < 1.29 is 13.9 Å². The highest BCUT2D eigenvalue weighted by Crippen LogP contribution is 2.38. The van der Waals surface area contributed by atoms with Gasteiger partial charge in [-0.1, -0.05) is 0 Å². The molecule has 0 amide bonds. The maximum Gasteiger partial charge on any atom is 0.329 e. The van der Waals surface area contributed by atoms with E-state index < -0.39 is 28.6 Å². The number of halogens is 2. The van der Waals surface area contributed by atoms with Crippen molar-refractivity contribution >= 4 is 10.9 Å². The predicted octanol–water partition coefficient (Wildman–Crippen LogP) is 1.01. The summed E-state index contributed by atoms with van der Waals surface area (Å²) in [7, 11) is 0. The van der Waals surface area contributed by atoms with Gasteiger partial charge in [0.05, 0.1) is 5.39 Å². The second-order valence-corrected chi connectivity index (χ2v) is 4.28. The van der Waals surface area contributed by atoms with Gasteiger partial charge < -0.3 is 5.11 Å². The Morgan fingerprint density at radius 2 is 2.00 bits per heavy atom. The number of phenolic OH excluding ortho intramolecular Hbond substituents is 1. The van der Waals surface area contributed by atoms with Crippen molar-refractivity contribution in [2.45, 2.75) is 18.9 Å². The molecule has 1 aliphatic rings. The molecule has 0 aliphatic heterocycles. The molecule has 94 valence electrons. The van der Waals surface area contributed by atoms with Gasteiger partial charge in [-0.3, -0.25) is 14.3 Å². The number of nitrogens with zero attached hydrogens (tertiary/aromatic N) is 1. The number of nitrogens with one attached hydrogen (secondary N) is 1. The lowest BCUT2D eigenvalue weighted by atomic mass is 10.2. The molecule has 0 saturated heterocycles. The molecule has 1 aromatic carbocycles. The number of H-pyrrole nitrogens is 1. The summed E-state index contributed by atoms with van der Waals surface area (Å²) in [4.78, 5) is 25.2.